The second-order valence-corrected chi connectivity index (χ2v) is 6.79. The van der Waals surface area contributed by atoms with E-state index in [1.54, 1.807) is 30.3 Å². The molecule has 138 valence electrons. The molecule has 0 amide bonds. The molecule has 1 saturated carbocycles. The van der Waals surface area contributed by atoms with E-state index in [0.29, 0.717) is 29.2 Å². The van der Waals surface area contributed by atoms with Gasteiger partial charge >= 0.3 is 12.1 Å². The van der Waals surface area contributed by atoms with E-state index in [-0.39, 0.29) is 5.97 Å². The fourth-order valence-corrected chi connectivity index (χ4v) is 3.41. The highest BCUT2D eigenvalue weighted by molar-refractivity contribution is 5.74. The lowest BCUT2D eigenvalue weighted by Gasteiger charge is -2.20. The monoisotopic (exact) mass is 362 g/mol. The summed E-state index contributed by atoms with van der Waals surface area (Å²) in [4.78, 5) is 12.1. The molecule has 2 aromatic carbocycles. The maximum Gasteiger partial charge on any atom is 0.416 e. The molecular formula is C21H21F3O2. The lowest BCUT2D eigenvalue weighted by molar-refractivity contribution is -0.137. The fraction of sp³-hybridized carbons (Fsp3) is 0.381. The Morgan fingerprint density at radius 3 is 2.31 bits per heavy atom. The van der Waals surface area contributed by atoms with E-state index in [9.17, 15) is 18.0 Å². The summed E-state index contributed by atoms with van der Waals surface area (Å²) in [5.41, 5.74) is 0.318. The first kappa shape index (κ1) is 18.5. The molecule has 2 aromatic rings. The Bertz CT molecular complexity index is 762. The summed E-state index contributed by atoms with van der Waals surface area (Å²) >= 11 is 0. The molecule has 1 aliphatic rings. The van der Waals surface area contributed by atoms with Crippen LogP contribution in [0.1, 0.15) is 44.1 Å². The Kier molecular flexibility index (Phi) is 5.64. The SMILES string of the molecule is O=C(CC1CCCCC1)Oc1cccc(-c2cccc(C(F)(F)F)c2)c1. The van der Waals surface area contributed by atoms with Crippen molar-refractivity contribution in [2.75, 3.05) is 0 Å². The summed E-state index contributed by atoms with van der Waals surface area (Å²) < 4.78 is 44.1. The lowest BCUT2D eigenvalue weighted by atomic mass is 9.87. The largest absolute Gasteiger partial charge is 0.426 e. The predicted octanol–water partition coefficient (Wildman–Crippen LogP) is 6.25. The van der Waals surface area contributed by atoms with Crippen LogP contribution in [-0.2, 0) is 11.0 Å². The van der Waals surface area contributed by atoms with Crippen LogP contribution in [0.4, 0.5) is 13.2 Å². The van der Waals surface area contributed by atoms with E-state index < -0.39 is 11.7 Å². The van der Waals surface area contributed by atoms with Crippen LogP contribution >= 0.6 is 0 Å². The van der Waals surface area contributed by atoms with Crippen molar-refractivity contribution in [1.29, 1.82) is 0 Å². The number of halogens is 3. The van der Waals surface area contributed by atoms with Gasteiger partial charge in [0.05, 0.1) is 5.56 Å². The van der Waals surface area contributed by atoms with Crippen molar-refractivity contribution < 1.29 is 22.7 Å². The first-order valence-corrected chi connectivity index (χ1v) is 8.90. The number of hydrogen-bond acceptors (Lipinski definition) is 2. The number of benzene rings is 2. The number of ether oxygens (including phenoxy) is 1. The molecule has 0 radical (unpaired) electrons. The van der Waals surface area contributed by atoms with Gasteiger partial charge < -0.3 is 4.74 Å². The van der Waals surface area contributed by atoms with Gasteiger partial charge in [0.1, 0.15) is 5.75 Å². The minimum absolute atomic E-state index is 0.280. The van der Waals surface area contributed by atoms with Crippen molar-refractivity contribution in [1.82, 2.24) is 0 Å². The van der Waals surface area contributed by atoms with Gasteiger partial charge in [-0.2, -0.15) is 13.2 Å². The summed E-state index contributed by atoms with van der Waals surface area (Å²) in [6, 6.07) is 11.8. The van der Waals surface area contributed by atoms with Crippen LogP contribution in [0.5, 0.6) is 5.75 Å². The number of hydrogen-bond donors (Lipinski definition) is 0. The molecule has 1 aliphatic carbocycles. The Morgan fingerprint density at radius 1 is 0.962 bits per heavy atom. The van der Waals surface area contributed by atoms with Crippen LogP contribution in [0.2, 0.25) is 0 Å². The average molecular weight is 362 g/mol. The molecule has 0 heterocycles. The molecule has 0 spiro atoms. The average Bonchev–Trinajstić information content (AvgIpc) is 2.62. The van der Waals surface area contributed by atoms with Gasteiger partial charge in [-0.1, -0.05) is 43.5 Å². The number of alkyl halides is 3. The highest BCUT2D eigenvalue weighted by atomic mass is 19.4. The summed E-state index contributed by atoms with van der Waals surface area (Å²) in [7, 11) is 0. The Labute approximate surface area is 151 Å². The second-order valence-electron chi connectivity index (χ2n) is 6.79. The smallest absolute Gasteiger partial charge is 0.416 e. The zero-order chi connectivity index (χ0) is 18.6. The molecule has 0 saturated heterocycles. The molecule has 0 N–H and O–H groups in total. The summed E-state index contributed by atoms with van der Waals surface area (Å²) in [5, 5.41) is 0. The van der Waals surface area contributed by atoms with Crippen LogP contribution in [-0.4, -0.2) is 5.97 Å². The van der Waals surface area contributed by atoms with Crippen molar-refractivity contribution in [3.05, 3.63) is 54.1 Å². The molecule has 0 bridgehead atoms. The van der Waals surface area contributed by atoms with Crippen molar-refractivity contribution in [2.45, 2.75) is 44.7 Å². The van der Waals surface area contributed by atoms with E-state index >= 15 is 0 Å². The number of carbonyl (C=O) groups is 1. The van der Waals surface area contributed by atoms with Crippen molar-refractivity contribution in [3.63, 3.8) is 0 Å². The molecule has 0 unspecified atom stereocenters. The predicted molar refractivity (Wildman–Crippen MR) is 93.7 cm³/mol. The van der Waals surface area contributed by atoms with Crippen LogP contribution in [0.15, 0.2) is 48.5 Å². The van der Waals surface area contributed by atoms with E-state index in [2.05, 4.69) is 0 Å². The standard InChI is InChI=1S/C21H21F3O2/c22-21(23,24)18-10-4-8-16(13-18)17-9-5-11-19(14-17)26-20(25)12-15-6-2-1-3-7-15/h4-5,8-11,13-15H,1-3,6-7,12H2. The molecular weight excluding hydrogens is 341 g/mol. The van der Waals surface area contributed by atoms with E-state index in [0.717, 1.165) is 37.8 Å². The quantitative estimate of drug-likeness (QED) is 0.475. The van der Waals surface area contributed by atoms with E-state index in [4.69, 9.17) is 4.74 Å². The third kappa shape index (κ3) is 4.87. The summed E-state index contributed by atoms with van der Waals surface area (Å²) in [6.45, 7) is 0. The van der Waals surface area contributed by atoms with Gasteiger partial charge in [-0.3, -0.25) is 4.79 Å². The third-order valence-electron chi connectivity index (χ3n) is 4.77. The topological polar surface area (TPSA) is 26.3 Å². The third-order valence-corrected chi connectivity index (χ3v) is 4.77. The molecule has 1 fully saturated rings. The van der Waals surface area contributed by atoms with Gasteiger partial charge in [0, 0.05) is 6.42 Å². The van der Waals surface area contributed by atoms with Crippen LogP contribution in [0, 0.1) is 5.92 Å². The lowest BCUT2D eigenvalue weighted by Crippen LogP contribution is -2.16. The second kappa shape index (κ2) is 7.94. The Hall–Kier alpha value is -2.30. The molecule has 0 atom stereocenters. The molecule has 0 aromatic heterocycles. The number of rotatable bonds is 4. The van der Waals surface area contributed by atoms with Gasteiger partial charge in [-0.15, -0.1) is 0 Å². The molecule has 0 aliphatic heterocycles. The van der Waals surface area contributed by atoms with Crippen molar-refractivity contribution in [3.8, 4) is 16.9 Å². The molecule has 26 heavy (non-hydrogen) atoms. The van der Waals surface area contributed by atoms with Crippen LogP contribution in [0.25, 0.3) is 11.1 Å². The van der Waals surface area contributed by atoms with Gasteiger partial charge in [-0.05, 0) is 54.2 Å². The Morgan fingerprint density at radius 2 is 1.62 bits per heavy atom. The normalized spacial score (nSPS) is 15.7. The number of esters is 1. The maximum absolute atomic E-state index is 12.9. The molecule has 3 rings (SSSR count). The first-order valence-electron chi connectivity index (χ1n) is 8.90. The number of carbonyl (C=O) groups excluding carboxylic acids is 1. The maximum atomic E-state index is 12.9. The zero-order valence-electron chi connectivity index (χ0n) is 14.4. The fourth-order valence-electron chi connectivity index (χ4n) is 3.41. The molecule has 2 nitrogen and oxygen atoms in total. The molecule has 5 heteroatoms. The van der Waals surface area contributed by atoms with Crippen LogP contribution in [0.3, 0.4) is 0 Å². The summed E-state index contributed by atoms with van der Waals surface area (Å²) in [6.07, 6.45) is 1.66. The Balaban J connectivity index is 1.71. The van der Waals surface area contributed by atoms with Gasteiger partial charge in [0.2, 0.25) is 0 Å². The highest BCUT2D eigenvalue weighted by Gasteiger charge is 2.30. The minimum atomic E-state index is -4.39. The first-order chi connectivity index (χ1) is 12.4. The summed E-state index contributed by atoms with van der Waals surface area (Å²) in [5.74, 6) is 0.460. The van der Waals surface area contributed by atoms with Gasteiger partial charge in [0.15, 0.2) is 0 Å². The van der Waals surface area contributed by atoms with E-state index in [1.165, 1.54) is 12.5 Å². The minimum Gasteiger partial charge on any atom is -0.426 e. The van der Waals surface area contributed by atoms with Crippen molar-refractivity contribution >= 4 is 5.97 Å². The van der Waals surface area contributed by atoms with Gasteiger partial charge in [-0.25, -0.2) is 0 Å². The zero-order valence-corrected chi connectivity index (χ0v) is 14.4. The van der Waals surface area contributed by atoms with Gasteiger partial charge in [0.25, 0.3) is 0 Å². The van der Waals surface area contributed by atoms with Crippen LogP contribution < -0.4 is 4.74 Å². The van der Waals surface area contributed by atoms with Crippen molar-refractivity contribution in [2.24, 2.45) is 5.92 Å². The highest BCUT2D eigenvalue weighted by Crippen LogP contribution is 2.33. The van der Waals surface area contributed by atoms with E-state index in [1.807, 2.05) is 0 Å².